The molecule has 1 saturated heterocycles. The second-order valence-corrected chi connectivity index (χ2v) is 4.29. The maximum Gasteiger partial charge on any atom is 0.109 e. The van der Waals surface area contributed by atoms with Crippen molar-refractivity contribution < 1.29 is 14.6 Å². The summed E-state index contributed by atoms with van der Waals surface area (Å²) in [5, 5.41) is 9.12. The Kier molecular flexibility index (Phi) is 3.07. The van der Waals surface area contributed by atoms with Gasteiger partial charge in [0.1, 0.15) is 12.2 Å². The predicted octanol–water partition coefficient (Wildman–Crippen LogP) is -0.112. The molecule has 0 spiro atoms. The van der Waals surface area contributed by atoms with Crippen molar-refractivity contribution in [3.8, 4) is 0 Å². The van der Waals surface area contributed by atoms with E-state index in [2.05, 4.69) is 0 Å². The minimum absolute atomic E-state index is 0.00454. The number of ether oxygens (including phenoxy) is 2. The molecule has 1 aliphatic heterocycles. The van der Waals surface area contributed by atoms with Gasteiger partial charge in [-0.2, -0.15) is 0 Å². The van der Waals surface area contributed by atoms with Gasteiger partial charge in [-0.25, -0.2) is 0 Å². The lowest BCUT2D eigenvalue weighted by molar-refractivity contribution is -0.0565. The van der Waals surface area contributed by atoms with Crippen LogP contribution in [0.15, 0.2) is 0 Å². The number of nitrogens with two attached hydrogens (primary N) is 1. The van der Waals surface area contributed by atoms with Crippen LogP contribution in [0.4, 0.5) is 0 Å². The van der Waals surface area contributed by atoms with Crippen LogP contribution in [0.25, 0.3) is 0 Å². The highest BCUT2D eigenvalue weighted by Gasteiger charge is 2.46. The van der Waals surface area contributed by atoms with E-state index in [4.69, 9.17) is 20.3 Å². The van der Waals surface area contributed by atoms with Crippen LogP contribution in [0.3, 0.4) is 0 Å². The molecule has 4 unspecified atom stereocenters. The summed E-state index contributed by atoms with van der Waals surface area (Å²) in [6, 6.07) is -0.0811. The van der Waals surface area contributed by atoms with Crippen molar-refractivity contribution in [2.45, 2.75) is 43.6 Å². The third kappa shape index (κ3) is 1.56. The molecule has 1 aliphatic carbocycles. The first-order valence-electron chi connectivity index (χ1n) is 5.32. The summed E-state index contributed by atoms with van der Waals surface area (Å²) in [5.41, 5.74) is 6.05. The molecule has 2 aliphatic rings. The SMILES string of the molecule is COC1C(CO)OC(C2CCC2)C1N. The molecule has 4 heteroatoms. The van der Waals surface area contributed by atoms with Crippen LogP contribution in [0, 0.1) is 5.92 Å². The molecule has 1 saturated carbocycles. The van der Waals surface area contributed by atoms with Crippen molar-refractivity contribution in [3.05, 3.63) is 0 Å². The number of aliphatic hydroxyl groups excluding tert-OH is 1. The Morgan fingerprint density at radius 3 is 2.57 bits per heavy atom. The van der Waals surface area contributed by atoms with Gasteiger partial charge in [0.2, 0.25) is 0 Å². The average Bonchev–Trinajstić information content (AvgIpc) is 2.41. The van der Waals surface area contributed by atoms with Crippen LogP contribution in [0.5, 0.6) is 0 Å². The molecule has 0 bridgehead atoms. The Hall–Kier alpha value is -0.160. The third-order valence-electron chi connectivity index (χ3n) is 3.52. The van der Waals surface area contributed by atoms with Crippen molar-refractivity contribution in [2.24, 2.45) is 11.7 Å². The summed E-state index contributed by atoms with van der Waals surface area (Å²) in [6.45, 7) is -0.00454. The summed E-state index contributed by atoms with van der Waals surface area (Å²) in [5.74, 6) is 0.583. The minimum atomic E-state index is -0.236. The average molecular weight is 201 g/mol. The van der Waals surface area contributed by atoms with E-state index in [1.54, 1.807) is 7.11 Å². The zero-order valence-electron chi connectivity index (χ0n) is 8.56. The van der Waals surface area contributed by atoms with E-state index in [9.17, 15) is 0 Å². The van der Waals surface area contributed by atoms with Crippen molar-refractivity contribution in [1.82, 2.24) is 0 Å². The molecule has 0 aromatic rings. The molecule has 0 radical (unpaired) electrons. The maximum absolute atomic E-state index is 9.12. The maximum atomic E-state index is 9.12. The number of hydrogen-bond donors (Lipinski definition) is 2. The predicted molar refractivity (Wildman–Crippen MR) is 51.9 cm³/mol. The number of rotatable bonds is 3. The second-order valence-electron chi connectivity index (χ2n) is 4.29. The quantitative estimate of drug-likeness (QED) is 0.668. The Morgan fingerprint density at radius 2 is 2.21 bits per heavy atom. The largest absolute Gasteiger partial charge is 0.394 e. The third-order valence-corrected chi connectivity index (χ3v) is 3.52. The van der Waals surface area contributed by atoms with Crippen LogP contribution in [-0.2, 0) is 9.47 Å². The first kappa shape index (κ1) is 10.4. The molecule has 0 aromatic carbocycles. The summed E-state index contributed by atoms with van der Waals surface area (Å²) in [4.78, 5) is 0. The van der Waals surface area contributed by atoms with Gasteiger partial charge in [-0.1, -0.05) is 6.42 Å². The molecular formula is C10H19NO3. The summed E-state index contributed by atoms with van der Waals surface area (Å²) < 4.78 is 11.0. The van der Waals surface area contributed by atoms with Gasteiger partial charge < -0.3 is 20.3 Å². The molecule has 2 fully saturated rings. The molecular weight excluding hydrogens is 182 g/mol. The lowest BCUT2D eigenvalue weighted by atomic mass is 9.78. The second kappa shape index (κ2) is 4.14. The van der Waals surface area contributed by atoms with Crippen LogP contribution in [0.2, 0.25) is 0 Å². The van der Waals surface area contributed by atoms with E-state index < -0.39 is 0 Å². The Balaban J connectivity index is 2.00. The lowest BCUT2D eigenvalue weighted by Gasteiger charge is -2.33. The summed E-state index contributed by atoms with van der Waals surface area (Å²) in [7, 11) is 1.62. The van der Waals surface area contributed by atoms with Gasteiger partial charge in [0, 0.05) is 7.11 Å². The molecule has 0 aromatic heterocycles. The van der Waals surface area contributed by atoms with Gasteiger partial charge in [-0.3, -0.25) is 0 Å². The summed E-state index contributed by atoms with van der Waals surface area (Å²) >= 11 is 0. The lowest BCUT2D eigenvalue weighted by Crippen LogP contribution is -2.46. The van der Waals surface area contributed by atoms with Crippen LogP contribution in [-0.4, -0.2) is 43.2 Å². The van der Waals surface area contributed by atoms with Gasteiger partial charge >= 0.3 is 0 Å². The minimum Gasteiger partial charge on any atom is -0.394 e. The monoisotopic (exact) mass is 201 g/mol. The van der Waals surface area contributed by atoms with Gasteiger partial charge in [-0.15, -0.1) is 0 Å². The van der Waals surface area contributed by atoms with Crippen molar-refractivity contribution in [1.29, 1.82) is 0 Å². The molecule has 4 atom stereocenters. The number of methoxy groups -OCH3 is 1. The highest BCUT2D eigenvalue weighted by Crippen LogP contribution is 2.37. The van der Waals surface area contributed by atoms with Gasteiger partial charge in [0.25, 0.3) is 0 Å². The molecule has 14 heavy (non-hydrogen) atoms. The molecule has 3 N–H and O–H groups in total. The Morgan fingerprint density at radius 1 is 1.50 bits per heavy atom. The van der Waals surface area contributed by atoms with E-state index in [1.165, 1.54) is 19.3 Å². The zero-order valence-corrected chi connectivity index (χ0v) is 8.56. The van der Waals surface area contributed by atoms with E-state index in [0.29, 0.717) is 5.92 Å². The molecule has 2 rings (SSSR count). The van der Waals surface area contributed by atoms with Crippen LogP contribution in [0.1, 0.15) is 19.3 Å². The number of hydrogen-bond acceptors (Lipinski definition) is 4. The highest BCUT2D eigenvalue weighted by atomic mass is 16.6. The van der Waals surface area contributed by atoms with Crippen molar-refractivity contribution >= 4 is 0 Å². The molecule has 4 nitrogen and oxygen atoms in total. The highest BCUT2D eigenvalue weighted by molar-refractivity contribution is 4.98. The van der Waals surface area contributed by atoms with E-state index in [0.717, 1.165) is 0 Å². The fourth-order valence-corrected chi connectivity index (χ4v) is 2.45. The normalized spacial score (nSPS) is 43.9. The fourth-order valence-electron chi connectivity index (χ4n) is 2.45. The van der Waals surface area contributed by atoms with Crippen molar-refractivity contribution in [3.63, 3.8) is 0 Å². The Labute approximate surface area is 84.4 Å². The van der Waals surface area contributed by atoms with Crippen LogP contribution >= 0.6 is 0 Å². The van der Waals surface area contributed by atoms with E-state index in [-0.39, 0.29) is 31.0 Å². The van der Waals surface area contributed by atoms with Gasteiger partial charge in [0.15, 0.2) is 0 Å². The summed E-state index contributed by atoms with van der Waals surface area (Å²) in [6.07, 6.45) is 3.38. The van der Waals surface area contributed by atoms with Crippen molar-refractivity contribution in [2.75, 3.05) is 13.7 Å². The van der Waals surface area contributed by atoms with E-state index >= 15 is 0 Å². The zero-order chi connectivity index (χ0) is 10.1. The standard InChI is InChI=1S/C10H19NO3/c1-13-10-7(5-12)14-9(8(10)11)6-3-2-4-6/h6-10,12H,2-5,11H2,1H3. The molecule has 82 valence electrons. The number of aliphatic hydroxyl groups is 1. The molecule has 0 amide bonds. The smallest absolute Gasteiger partial charge is 0.109 e. The Bertz CT molecular complexity index is 196. The topological polar surface area (TPSA) is 64.7 Å². The van der Waals surface area contributed by atoms with Crippen LogP contribution < -0.4 is 5.73 Å². The first-order valence-corrected chi connectivity index (χ1v) is 5.32. The fraction of sp³-hybridized carbons (Fsp3) is 1.00. The van der Waals surface area contributed by atoms with E-state index in [1.807, 2.05) is 0 Å². The van der Waals surface area contributed by atoms with Gasteiger partial charge in [-0.05, 0) is 18.8 Å². The molecule has 1 heterocycles. The first-order chi connectivity index (χ1) is 6.77. The van der Waals surface area contributed by atoms with Gasteiger partial charge in [0.05, 0.1) is 18.8 Å².